The van der Waals surface area contributed by atoms with E-state index >= 15 is 0 Å². The van der Waals surface area contributed by atoms with Gasteiger partial charge in [-0.1, -0.05) is 48.0 Å². The lowest BCUT2D eigenvalue weighted by Gasteiger charge is -2.12. The van der Waals surface area contributed by atoms with E-state index < -0.39 is 0 Å². The normalized spacial score (nSPS) is 10.5. The lowest BCUT2D eigenvalue weighted by molar-refractivity contribution is 0.306. The molecule has 0 aliphatic carbocycles. The van der Waals surface area contributed by atoms with Crippen molar-refractivity contribution in [2.24, 2.45) is 0 Å². The van der Waals surface area contributed by atoms with Crippen molar-refractivity contribution in [3.05, 3.63) is 94.0 Å². The first-order chi connectivity index (χ1) is 12.1. The Morgan fingerprint density at radius 1 is 0.880 bits per heavy atom. The molecule has 0 radical (unpaired) electrons. The molecule has 1 N–H and O–H groups in total. The smallest absolute Gasteiger partial charge is 0.120 e. The van der Waals surface area contributed by atoms with Crippen LogP contribution in [0, 0.1) is 13.8 Å². The number of anilines is 1. The van der Waals surface area contributed by atoms with E-state index in [1.165, 1.54) is 22.4 Å². The average molecular weight is 352 g/mol. The maximum atomic E-state index is 5.91. The molecule has 0 spiro atoms. The number of nitrogens with one attached hydrogen (secondary N) is 1. The van der Waals surface area contributed by atoms with E-state index in [4.69, 9.17) is 16.3 Å². The molecule has 0 saturated carbocycles. The fraction of sp³-hybridized carbons (Fsp3) is 0.182. The van der Waals surface area contributed by atoms with Crippen molar-refractivity contribution in [3.63, 3.8) is 0 Å². The Kier molecular flexibility index (Phi) is 5.62. The molecular weight excluding hydrogens is 330 g/mol. The largest absolute Gasteiger partial charge is 0.489 e. The highest BCUT2D eigenvalue weighted by Crippen LogP contribution is 2.20. The van der Waals surface area contributed by atoms with Crippen LogP contribution in [-0.4, -0.2) is 0 Å². The number of aryl methyl sites for hydroxylation is 1. The lowest BCUT2D eigenvalue weighted by Crippen LogP contribution is -2.02. The van der Waals surface area contributed by atoms with Crippen molar-refractivity contribution in [1.82, 2.24) is 0 Å². The number of hydrogen-bond donors (Lipinski definition) is 1. The van der Waals surface area contributed by atoms with Crippen molar-refractivity contribution in [2.45, 2.75) is 27.0 Å². The molecular formula is C22H22ClNO. The van der Waals surface area contributed by atoms with Gasteiger partial charge in [-0.25, -0.2) is 0 Å². The summed E-state index contributed by atoms with van der Waals surface area (Å²) in [5.74, 6) is 0.871. The van der Waals surface area contributed by atoms with E-state index in [0.29, 0.717) is 6.61 Å². The summed E-state index contributed by atoms with van der Waals surface area (Å²) in [7, 11) is 0. The van der Waals surface area contributed by atoms with E-state index in [-0.39, 0.29) is 0 Å². The first kappa shape index (κ1) is 17.4. The molecule has 128 valence electrons. The molecule has 0 aromatic heterocycles. The minimum Gasteiger partial charge on any atom is -0.489 e. The highest BCUT2D eigenvalue weighted by Gasteiger charge is 2.02. The minimum absolute atomic E-state index is 0.533. The molecule has 3 aromatic rings. The highest BCUT2D eigenvalue weighted by atomic mass is 35.5. The monoisotopic (exact) mass is 351 g/mol. The molecule has 0 aliphatic heterocycles. The third-order valence-electron chi connectivity index (χ3n) is 4.30. The highest BCUT2D eigenvalue weighted by molar-refractivity contribution is 6.30. The summed E-state index contributed by atoms with van der Waals surface area (Å²) in [4.78, 5) is 0. The summed E-state index contributed by atoms with van der Waals surface area (Å²) >= 11 is 5.91. The van der Waals surface area contributed by atoms with Gasteiger partial charge < -0.3 is 10.1 Å². The molecule has 0 amide bonds. The summed E-state index contributed by atoms with van der Waals surface area (Å²) in [5.41, 5.74) is 6.05. The molecule has 0 fully saturated rings. The van der Waals surface area contributed by atoms with Gasteiger partial charge in [-0.05, 0) is 66.4 Å². The summed E-state index contributed by atoms with van der Waals surface area (Å²) < 4.78 is 5.90. The van der Waals surface area contributed by atoms with E-state index in [1.54, 1.807) is 0 Å². The fourth-order valence-electron chi connectivity index (χ4n) is 2.63. The van der Waals surface area contributed by atoms with Gasteiger partial charge in [0.2, 0.25) is 0 Å². The van der Waals surface area contributed by atoms with Crippen LogP contribution < -0.4 is 10.1 Å². The van der Waals surface area contributed by atoms with Gasteiger partial charge in [-0.2, -0.15) is 0 Å². The SMILES string of the molecule is Cc1cccc(NCc2cccc(OCc3ccc(Cl)cc3)c2)c1C. The van der Waals surface area contributed by atoms with E-state index in [1.807, 2.05) is 36.4 Å². The first-order valence-corrected chi connectivity index (χ1v) is 8.76. The second-order valence-electron chi connectivity index (χ2n) is 6.16. The van der Waals surface area contributed by atoms with Crippen molar-refractivity contribution in [3.8, 4) is 5.75 Å². The summed E-state index contributed by atoms with van der Waals surface area (Å²) in [6.45, 7) is 5.57. The van der Waals surface area contributed by atoms with Gasteiger partial charge >= 0.3 is 0 Å². The molecule has 0 aliphatic rings. The average Bonchev–Trinajstić information content (AvgIpc) is 2.63. The third kappa shape index (κ3) is 4.77. The maximum absolute atomic E-state index is 5.91. The van der Waals surface area contributed by atoms with Crippen LogP contribution in [0.5, 0.6) is 5.75 Å². The molecule has 0 heterocycles. The molecule has 2 nitrogen and oxygen atoms in total. The second-order valence-corrected chi connectivity index (χ2v) is 6.60. The second kappa shape index (κ2) is 8.09. The van der Waals surface area contributed by atoms with Crippen LogP contribution in [0.2, 0.25) is 5.02 Å². The number of hydrogen-bond acceptors (Lipinski definition) is 2. The van der Waals surface area contributed by atoms with Crippen molar-refractivity contribution in [2.75, 3.05) is 5.32 Å². The Morgan fingerprint density at radius 2 is 1.64 bits per heavy atom. The van der Waals surface area contributed by atoms with Crippen LogP contribution in [0.25, 0.3) is 0 Å². The van der Waals surface area contributed by atoms with Gasteiger partial charge in [0, 0.05) is 17.3 Å². The maximum Gasteiger partial charge on any atom is 0.120 e. The molecule has 3 aromatic carbocycles. The van der Waals surface area contributed by atoms with Gasteiger partial charge in [0.15, 0.2) is 0 Å². The summed E-state index contributed by atoms with van der Waals surface area (Å²) in [5, 5.41) is 4.25. The molecule has 25 heavy (non-hydrogen) atoms. The Labute approximate surface area is 154 Å². The predicted molar refractivity (Wildman–Crippen MR) is 105 cm³/mol. The Hall–Kier alpha value is -2.45. The minimum atomic E-state index is 0.533. The van der Waals surface area contributed by atoms with Gasteiger partial charge in [-0.15, -0.1) is 0 Å². The number of rotatable bonds is 6. The van der Waals surface area contributed by atoms with Crippen molar-refractivity contribution < 1.29 is 4.74 Å². The zero-order valence-corrected chi connectivity index (χ0v) is 15.3. The van der Waals surface area contributed by atoms with E-state index in [2.05, 4.69) is 49.5 Å². The molecule has 0 atom stereocenters. The Morgan fingerprint density at radius 3 is 2.44 bits per heavy atom. The molecule has 3 rings (SSSR count). The van der Waals surface area contributed by atoms with Gasteiger partial charge in [0.05, 0.1) is 0 Å². The predicted octanol–water partition coefficient (Wildman–Crippen LogP) is 6.15. The Bertz CT molecular complexity index is 843. The number of halogens is 1. The van der Waals surface area contributed by atoms with Gasteiger partial charge in [0.1, 0.15) is 12.4 Å². The zero-order valence-electron chi connectivity index (χ0n) is 14.6. The van der Waals surface area contributed by atoms with Crippen LogP contribution >= 0.6 is 11.6 Å². The zero-order chi connectivity index (χ0) is 17.6. The van der Waals surface area contributed by atoms with Gasteiger partial charge in [0.25, 0.3) is 0 Å². The molecule has 0 saturated heterocycles. The number of benzene rings is 3. The van der Waals surface area contributed by atoms with Crippen molar-refractivity contribution >= 4 is 17.3 Å². The first-order valence-electron chi connectivity index (χ1n) is 8.38. The third-order valence-corrected chi connectivity index (χ3v) is 4.56. The van der Waals surface area contributed by atoms with Gasteiger partial charge in [-0.3, -0.25) is 0 Å². The Balaban J connectivity index is 1.61. The van der Waals surface area contributed by atoms with Crippen LogP contribution in [-0.2, 0) is 13.2 Å². The lowest BCUT2D eigenvalue weighted by atomic mass is 10.1. The summed E-state index contributed by atoms with van der Waals surface area (Å²) in [6.07, 6.45) is 0. The standard InChI is InChI=1S/C22H22ClNO/c1-16-5-3-8-22(17(16)2)24-14-19-6-4-7-21(13-19)25-15-18-9-11-20(23)12-10-18/h3-13,24H,14-15H2,1-2H3. The van der Waals surface area contributed by atoms with Crippen LogP contribution in [0.1, 0.15) is 22.3 Å². The molecule has 0 bridgehead atoms. The fourth-order valence-corrected chi connectivity index (χ4v) is 2.76. The van der Waals surface area contributed by atoms with E-state index in [0.717, 1.165) is 22.9 Å². The molecule has 0 unspecified atom stereocenters. The quantitative estimate of drug-likeness (QED) is 0.575. The van der Waals surface area contributed by atoms with Crippen molar-refractivity contribution in [1.29, 1.82) is 0 Å². The molecule has 3 heteroatoms. The topological polar surface area (TPSA) is 21.3 Å². The van der Waals surface area contributed by atoms with E-state index in [9.17, 15) is 0 Å². The van der Waals surface area contributed by atoms with Crippen LogP contribution in [0.15, 0.2) is 66.7 Å². The van der Waals surface area contributed by atoms with Crippen LogP contribution in [0.3, 0.4) is 0 Å². The summed E-state index contributed by atoms with van der Waals surface area (Å²) in [6, 6.07) is 22.2. The van der Waals surface area contributed by atoms with Crippen LogP contribution in [0.4, 0.5) is 5.69 Å². The number of ether oxygens (including phenoxy) is 1.